The number of hydrogen-bond acceptors (Lipinski definition) is 3. The van der Waals surface area contributed by atoms with Gasteiger partial charge < -0.3 is 5.32 Å². The van der Waals surface area contributed by atoms with Crippen LogP contribution in [0.25, 0.3) is 17.1 Å². The number of aryl methyl sites for hydroxylation is 1. The van der Waals surface area contributed by atoms with Crippen LogP contribution in [0.15, 0.2) is 54.6 Å². The van der Waals surface area contributed by atoms with Crippen LogP contribution < -0.4 is 5.32 Å². The lowest BCUT2D eigenvalue weighted by atomic mass is 10.2. The van der Waals surface area contributed by atoms with Crippen molar-refractivity contribution in [3.63, 3.8) is 0 Å². The van der Waals surface area contributed by atoms with Gasteiger partial charge in [0.05, 0.1) is 5.69 Å². The summed E-state index contributed by atoms with van der Waals surface area (Å²) in [4.78, 5) is 16.9. The first-order valence-electron chi connectivity index (χ1n) is 8.57. The predicted octanol–water partition coefficient (Wildman–Crippen LogP) is 3.77. The van der Waals surface area contributed by atoms with Gasteiger partial charge in [0.25, 0.3) is 5.91 Å². The molecule has 128 valence electrons. The largest absolute Gasteiger partial charge is 0.349 e. The van der Waals surface area contributed by atoms with E-state index in [1.807, 2.05) is 61.5 Å². The van der Waals surface area contributed by atoms with Crippen molar-refractivity contribution in [3.05, 3.63) is 66.0 Å². The van der Waals surface area contributed by atoms with E-state index in [0.717, 1.165) is 29.7 Å². The van der Waals surface area contributed by atoms with Gasteiger partial charge in [-0.25, -0.2) is 9.67 Å². The Labute approximate surface area is 147 Å². The maximum atomic E-state index is 12.4. The van der Waals surface area contributed by atoms with Crippen LogP contribution in [0.4, 0.5) is 0 Å². The predicted molar refractivity (Wildman–Crippen MR) is 98.8 cm³/mol. The average Bonchev–Trinajstić information content (AvgIpc) is 3.08. The summed E-state index contributed by atoms with van der Waals surface area (Å²) in [6, 6.07) is 17.7. The Hall–Kier alpha value is -2.95. The summed E-state index contributed by atoms with van der Waals surface area (Å²) < 4.78 is 1.75. The normalized spacial score (nSPS) is 10.6. The number of para-hydroxylation sites is 1. The minimum absolute atomic E-state index is 0.193. The standard InChI is InChI=1S/C20H22N4O/c1-3-4-14-21-20(25)18-22-19(16-11-6-5-7-12-16)24(23-18)17-13-9-8-10-15(17)2/h5-13H,3-4,14H2,1-2H3,(H,21,25). The molecule has 0 saturated carbocycles. The second kappa shape index (κ2) is 7.75. The van der Waals surface area contributed by atoms with E-state index in [1.165, 1.54) is 0 Å². The molecule has 0 aliphatic heterocycles. The molecule has 0 aliphatic rings. The highest BCUT2D eigenvalue weighted by Gasteiger charge is 2.19. The molecule has 0 fully saturated rings. The third-order valence-corrected chi connectivity index (χ3v) is 4.00. The number of benzene rings is 2. The van der Waals surface area contributed by atoms with Crippen molar-refractivity contribution in [2.45, 2.75) is 26.7 Å². The van der Waals surface area contributed by atoms with Crippen LogP contribution in [0.2, 0.25) is 0 Å². The number of aromatic nitrogens is 3. The Balaban J connectivity index is 2.03. The summed E-state index contributed by atoms with van der Waals surface area (Å²) in [7, 11) is 0. The molecule has 1 amide bonds. The minimum atomic E-state index is -0.238. The van der Waals surface area contributed by atoms with Crippen LogP contribution in [-0.2, 0) is 0 Å². The fourth-order valence-electron chi connectivity index (χ4n) is 2.61. The van der Waals surface area contributed by atoms with E-state index in [9.17, 15) is 4.79 Å². The third kappa shape index (κ3) is 3.76. The number of carbonyl (C=O) groups excluding carboxylic acids is 1. The molecule has 1 N–H and O–H groups in total. The molecule has 1 aromatic heterocycles. The highest BCUT2D eigenvalue weighted by molar-refractivity contribution is 5.91. The zero-order chi connectivity index (χ0) is 17.6. The molecule has 0 unspecified atom stereocenters. The Morgan fingerprint density at radius 2 is 1.80 bits per heavy atom. The molecular formula is C20H22N4O. The number of carbonyl (C=O) groups is 1. The van der Waals surface area contributed by atoms with E-state index in [-0.39, 0.29) is 11.7 Å². The van der Waals surface area contributed by atoms with E-state index in [4.69, 9.17) is 0 Å². The molecule has 0 bridgehead atoms. The number of rotatable bonds is 6. The van der Waals surface area contributed by atoms with E-state index in [2.05, 4.69) is 22.3 Å². The van der Waals surface area contributed by atoms with Gasteiger partial charge >= 0.3 is 0 Å². The van der Waals surface area contributed by atoms with Gasteiger partial charge in [0.2, 0.25) is 5.82 Å². The Morgan fingerprint density at radius 1 is 1.08 bits per heavy atom. The van der Waals surface area contributed by atoms with Crippen LogP contribution in [0.1, 0.15) is 35.9 Å². The fourth-order valence-corrected chi connectivity index (χ4v) is 2.61. The highest BCUT2D eigenvalue weighted by Crippen LogP contribution is 2.22. The van der Waals surface area contributed by atoms with Gasteiger partial charge in [-0.3, -0.25) is 4.79 Å². The molecular weight excluding hydrogens is 312 g/mol. The minimum Gasteiger partial charge on any atom is -0.349 e. The molecule has 25 heavy (non-hydrogen) atoms. The van der Waals surface area contributed by atoms with Gasteiger partial charge in [-0.05, 0) is 25.0 Å². The van der Waals surface area contributed by atoms with Crippen molar-refractivity contribution < 1.29 is 4.79 Å². The highest BCUT2D eigenvalue weighted by atomic mass is 16.2. The van der Waals surface area contributed by atoms with Crippen LogP contribution in [0.5, 0.6) is 0 Å². The van der Waals surface area contributed by atoms with E-state index < -0.39 is 0 Å². The van der Waals surface area contributed by atoms with Crippen molar-refractivity contribution >= 4 is 5.91 Å². The summed E-state index contributed by atoms with van der Waals surface area (Å²) >= 11 is 0. The van der Waals surface area contributed by atoms with E-state index in [0.29, 0.717) is 12.4 Å². The van der Waals surface area contributed by atoms with Gasteiger partial charge in [0.15, 0.2) is 5.82 Å². The lowest BCUT2D eigenvalue weighted by Gasteiger charge is -2.08. The first kappa shape index (κ1) is 16.9. The van der Waals surface area contributed by atoms with Crippen LogP contribution in [0.3, 0.4) is 0 Å². The Bertz CT molecular complexity index is 855. The van der Waals surface area contributed by atoms with E-state index in [1.54, 1.807) is 4.68 Å². The topological polar surface area (TPSA) is 59.8 Å². The van der Waals surface area contributed by atoms with Gasteiger partial charge in [-0.1, -0.05) is 61.9 Å². The van der Waals surface area contributed by atoms with Crippen molar-refractivity contribution in [2.24, 2.45) is 0 Å². The number of nitrogens with zero attached hydrogens (tertiary/aromatic N) is 3. The smallest absolute Gasteiger partial charge is 0.290 e. The van der Waals surface area contributed by atoms with Gasteiger partial charge in [0, 0.05) is 12.1 Å². The molecule has 0 aliphatic carbocycles. The summed E-state index contributed by atoms with van der Waals surface area (Å²) in [6.45, 7) is 4.74. The fraction of sp³-hybridized carbons (Fsp3) is 0.250. The Morgan fingerprint density at radius 3 is 2.52 bits per heavy atom. The van der Waals surface area contributed by atoms with Crippen molar-refractivity contribution in [1.29, 1.82) is 0 Å². The second-order valence-corrected chi connectivity index (χ2v) is 5.93. The summed E-state index contributed by atoms with van der Waals surface area (Å²) in [6.07, 6.45) is 1.97. The van der Waals surface area contributed by atoms with Gasteiger partial charge in [-0.15, -0.1) is 5.10 Å². The second-order valence-electron chi connectivity index (χ2n) is 5.93. The molecule has 3 rings (SSSR count). The lowest BCUT2D eigenvalue weighted by molar-refractivity contribution is 0.0943. The number of unbranched alkanes of at least 4 members (excludes halogenated alkanes) is 1. The zero-order valence-corrected chi connectivity index (χ0v) is 14.6. The van der Waals surface area contributed by atoms with Crippen molar-refractivity contribution in [2.75, 3.05) is 6.54 Å². The summed E-state index contributed by atoms with van der Waals surface area (Å²) in [5.74, 6) is 0.617. The molecule has 2 aromatic carbocycles. The average molecular weight is 334 g/mol. The van der Waals surface area contributed by atoms with Crippen molar-refractivity contribution in [1.82, 2.24) is 20.1 Å². The lowest BCUT2D eigenvalue weighted by Crippen LogP contribution is -2.25. The van der Waals surface area contributed by atoms with Crippen LogP contribution >= 0.6 is 0 Å². The molecule has 1 heterocycles. The maximum absolute atomic E-state index is 12.4. The zero-order valence-electron chi connectivity index (χ0n) is 14.6. The molecule has 3 aromatic rings. The van der Waals surface area contributed by atoms with Gasteiger partial charge in [0.1, 0.15) is 0 Å². The van der Waals surface area contributed by atoms with Gasteiger partial charge in [-0.2, -0.15) is 0 Å². The molecule has 0 atom stereocenters. The van der Waals surface area contributed by atoms with E-state index >= 15 is 0 Å². The first-order valence-corrected chi connectivity index (χ1v) is 8.57. The third-order valence-electron chi connectivity index (χ3n) is 4.00. The number of amides is 1. The summed E-state index contributed by atoms with van der Waals surface area (Å²) in [5, 5.41) is 7.37. The number of hydrogen-bond donors (Lipinski definition) is 1. The monoisotopic (exact) mass is 334 g/mol. The molecule has 0 spiro atoms. The summed E-state index contributed by atoms with van der Waals surface area (Å²) in [5.41, 5.74) is 2.91. The molecule has 5 nitrogen and oxygen atoms in total. The molecule has 5 heteroatoms. The Kier molecular flexibility index (Phi) is 5.23. The SMILES string of the molecule is CCCCNC(=O)c1nc(-c2ccccc2)n(-c2ccccc2C)n1. The number of nitrogens with one attached hydrogen (secondary N) is 1. The maximum Gasteiger partial charge on any atom is 0.290 e. The quantitative estimate of drug-likeness (QED) is 0.698. The molecule has 0 saturated heterocycles. The van der Waals surface area contributed by atoms with Crippen LogP contribution in [0, 0.1) is 6.92 Å². The molecule has 0 radical (unpaired) electrons. The van der Waals surface area contributed by atoms with Crippen molar-refractivity contribution in [3.8, 4) is 17.1 Å². The van der Waals surface area contributed by atoms with Crippen LogP contribution in [-0.4, -0.2) is 27.2 Å². The first-order chi connectivity index (χ1) is 12.2.